The van der Waals surface area contributed by atoms with E-state index in [1.807, 2.05) is 7.05 Å². The second kappa shape index (κ2) is 9.13. The molecule has 1 aromatic heterocycles. The lowest BCUT2D eigenvalue weighted by Gasteiger charge is -2.23. The molecule has 0 radical (unpaired) electrons. The Hall–Kier alpha value is -1.10. The van der Waals surface area contributed by atoms with Crippen LogP contribution in [0.25, 0.3) is 0 Å². The van der Waals surface area contributed by atoms with E-state index in [0.29, 0.717) is 11.5 Å². The normalized spacial score (nSPS) is 14.0. The Bertz CT molecular complexity index is 459. The molecule has 0 aliphatic rings. The van der Waals surface area contributed by atoms with Crippen molar-refractivity contribution in [3.05, 3.63) is 16.1 Å². The van der Waals surface area contributed by atoms with Crippen molar-refractivity contribution in [1.82, 2.24) is 15.6 Å². The first-order valence-electron chi connectivity index (χ1n) is 8.24. The second-order valence-electron chi connectivity index (χ2n) is 6.98. The fourth-order valence-corrected chi connectivity index (χ4v) is 2.86. The van der Waals surface area contributed by atoms with Crippen LogP contribution in [0.15, 0.2) is 10.4 Å². The standard InChI is InChI=1S/C17H32N4S/c1-7-15-21-14(12-22-15)9-11-19-16(18-6)20-13(2)8-10-17(3,4)5/h12-13H,7-11H2,1-6H3,(H2,18,19,20). The van der Waals surface area contributed by atoms with Gasteiger partial charge in [-0.15, -0.1) is 11.3 Å². The van der Waals surface area contributed by atoms with Crippen LogP contribution in [0.2, 0.25) is 0 Å². The summed E-state index contributed by atoms with van der Waals surface area (Å²) < 4.78 is 0. The predicted molar refractivity (Wildman–Crippen MR) is 97.8 cm³/mol. The minimum Gasteiger partial charge on any atom is -0.356 e. The summed E-state index contributed by atoms with van der Waals surface area (Å²) in [7, 11) is 1.82. The Morgan fingerprint density at radius 1 is 1.41 bits per heavy atom. The molecule has 0 saturated heterocycles. The number of nitrogens with one attached hydrogen (secondary N) is 2. The molecule has 0 amide bonds. The quantitative estimate of drug-likeness (QED) is 0.595. The fourth-order valence-electron chi connectivity index (χ4n) is 2.08. The Morgan fingerprint density at radius 3 is 2.68 bits per heavy atom. The number of rotatable bonds is 7. The van der Waals surface area contributed by atoms with Crippen LogP contribution in [0.3, 0.4) is 0 Å². The molecule has 0 saturated carbocycles. The SMILES string of the molecule is CCc1nc(CCNC(=NC)NC(C)CCC(C)(C)C)cs1. The van der Waals surface area contributed by atoms with Gasteiger partial charge in [-0.3, -0.25) is 4.99 Å². The monoisotopic (exact) mass is 324 g/mol. The molecule has 0 bridgehead atoms. The van der Waals surface area contributed by atoms with E-state index >= 15 is 0 Å². The van der Waals surface area contributed by atoms with Gasteiger partial charge < -0.3 is 10.6 Å². The maximum atomic E-state index is 4.59. The summed E-state index contributed by atoms with van der Waals surface area (Å²) >= 11 is 1.75. The van der Waals surface area contributed by atoms with Crippen LogP contribution in [-0.2, 0) is 12.8 Å². The summed E-state index contributed by atoms with van der Waals surface area (Å²) in [5.74, 6) is 0.882. The molecule has 2 N–H and O–H groups in total. The predicted octanol–water partition coefficient (Wildman–Crippen LogP) is 3.63. The number of nitrogens with zero attached hydrogens (tertiary/aromatic N) is 2. The number of thiazole rings is 1. The van der Waals surface area contributed by atoms with E-state index in [9.17, 15) is 0 Å². The zero-order chi connectivity index (χ0) is 16.6. The minimum atomic E-state index is 0.383. The summed E-state index contributed by atoms with van der Waals surface area (Å²) in [4.78, 5) is 8.89. The number of hydrogen-bond donors (Lipinski definition) is 2. The molecular weight excluding hydrogens is 292 g/mol. The van der Waals surface area contributed by atoms with Crippen molar-refractivity contribution in [2.24, 2.45) is 10.4 Å². The molecule has 1 heterocycles. The Morgan fingerprint density at radius 2 is 2.14 bits per heavy atom. The van der Waals surface area contributed by atoms with Crippen molar-refractivity contribution in [2.75, 3.05) is 13.6 Å². The zero-order valence-electron chi connectivity index (χ0n) is 15.0. The summed E-state index contributed by atoms with van der Waals surface area (Å²) in [6.07, 6.45) is 4.31. The van der Waals surface area contributed by atoms with Gasteiger partial charge in [0, 0.05) is 31.4 Å². The van der Waals surface area contributed by atoms with E-state index in [2.05, 4.69) is 60.6 Å². The first kappa shape index (κ1) is 18.9. The van der Waals surface area contributed by atoms with Crippen LogP contribution >= 0.6 is 11.3 Å². The second-order valence-corrected chi connectivity index (χ2v) is 7.92. The van der Waals surface area contributed by atoms with Crippen LogP contribution in [0.1, 0.15) is 58.2 Å². The van der Waals surface area contributed by atoms with E-state index in [1.165, 1.54) is 17.1 Å². The molecule has 0 aliphatic heterocycles. The lowest BCUT2D eigenvalue weighted by molar-refractivity contribution is 0.346. The third-order valence-corrected chi connectivity index (χ3v) is 4.55. The third-order valence-electron chi connectivity index (χ3n) is 3.51. The van der Waals surface area contributed by atoms with E-state index < -0.39 is 0 Å². The van der Waals surface area contributed by atoms with Gasteiger partial charge in [0.2, 0.25) is 0 Å². The van der Waals surface area contributed by atoms with Gasteiger partial charge in [0.05, 0.1) is 10.7 Å². The maximum absolute atomic E-state index is 4.59. The molecule has 0 aromatic carbocycles. The minimum absolute atomic E-state index is 0.383. The molecule has 0 spiro atoms. The molecule has 1 atom stereocenters. The molecule has 1 rings (SSSR count). The topological polar surface area (TPSA) is 49.3 Å². The van der Waals surface area contributed by atoms with Crippen molar-refractivity contribution < 1.29 is 0 Å². The van der Waals surface area contributed by atoms with E-state index in [-0.39, 0.29) is 0 Å². The molecule has 5 heteroatoms. The summed E-state index contributed by atoms with van der Waals surface area (Å²) in [6.45, 7) is 12.1. The van der Waals surface area contributed by atoms with Gasteiger partial charge >= 0.3 is 0 Å². The largest absolute Gasteiger partial charge is 0.356 e. The van der Waals surface area contributed by atoms with Crippen molar-refractivity contribution >= 4 is 17.3 Å². The number of aromatic nitrogens is 1. The van der Waals surface area contributed by atoms with Gasteiger partial charge in [0.1, 0.15) is 0 Å². The highest BCUT2D eigenvalue weighted by Crippen LogP contribution is 2.21. The van der Waals surface area contributed by atoms with E-state index in [1.54, 1.807) is 11.3 Å². The molecule has 0 fully saturated rings. The van der Waals surface area contributed by atoms with Crippen molar-refractivity contribution in [3.8, 4) is 0 Å². The highest BCUT2D eigenvalue weighted by Gasteiger charge is 2.13. The number of hydrogen-bond acceptors (Lipinski definition) is 3. The van der Waals surface area contributed by atoms with Crippen LogP contribution in [0.4, 0.5) is 0 Å². The molecular formula is C17H32N4S. The molecule has 1 unspecified atom stereocenters. The number of guanidine groups is 1. The highest BCUT2D eigenvalue weighted by molar-refractivity contribution is 7.09. The summed E-state index contributed by atoms with van der Waals surface area (Å²) in [5.41, 5.74) is 1.56. The van der Waals surface area contributed by atoms with Gasteiger partial charge in [-0.25, -0.2) is 4.98 Å². The highest BCUT2D eigenvalue weighted by atomic mass is 32.1. The molecule has 1 aromatic rings. The Labute approximate surface area is 139 Å². The van der Waals surface area contributed by atoms with Crippen molar-refractivity contribution in [3.63, 3.8) is 0 Å². The zero-order valence-corrected chi connectivity index (χ0v) is 15.8. The average molecular weight is 325 g/mol. The van der Waals surface area contributed by atoms with Gasteiger partial charge in [-0.1, -0.05) is 27.7 Å². The van der Waals surface area contributed by atoms with Gasteiger partial charge in [-0.05, 0) is 31.6 Å². The maximum Gasteiger partial charge on any atom is 0.191 e. The first-order valence-corrected chi connectivity index (χ1v) is 9.12. The number of aliphatic imine (C=N–C) groups is 1. The molecule has 4 nitrogen and oxygen atoms in total. The van der Waals surface area contributed by atoms with Crippen LogP contribution < -0.4 is 10.6 Å². The van der Waals surface area contributed by atoms with E-state index in [0.717, 1.165) is 31.8 Å². The molecule has 22 heavy (non-hydrogen) atoms. The van der Waals surface area contributed by atoms with E-state index in [4.69, 9.17) is 0 Å². The summed E-state index contributed by atoms with van der Waals surface area (Å²) in [5, 5.41) is 10.2. The lowest BCUT2D eigenvalue weighted by Crippen LogP contribution is -2.43. The molecule has 126 valence electrons. The lowest BCUT2D eigenvalue weighted by atomic mass is 9.89. The Kier molecular flexibility index (Phi) is 7.87. The summed E-state index contributed by atoms with van der Waals surface area (Å²) in [6, 6.07) is 0.427. The van der Waals surface area contributed by atoms with Crippen LogP contribution in [0.5, 0.6) is 0 Å². The smallest absolute Gasteiger partial charge is 0.191 e. The van der Waals surface area contributed by atoms with Crippen LogP contribution in [0, 0.1) is 5.41 Å². The van der Waals surface area contributed by atoms with Crippen molar-refractivity contribution in [1.29, 1.82) is 0 Å². The van der Waals surface area contributed by atoms with Gasteiger partial charge in [0.25, 0.3) is 0 Å². The average Bonchev–Trinajstić information content (AvgIpc) is 2.91. The first-order chi connectivity index (χ1) is 10.3. The van der Waals surface area contributed by atoms with Gasteiger partial charge in [-0.2, -0.15) is 0 Å². The fraction of sp³-hybridized carbons (Fsp3) is 0.765. The Balaban J connectivity index is 2.30. The van der Waals surface area contributed by atoms with Crippen molar-refractivity contribution in [2.45, 2.75) is 66.3 Å². The number of aryl methyl sites for hydroxylation is 1. The van der Waals surface area contributed by atoms with Crippen LogP contribution in [-0.4, -0.2) is 30.6 Å². The molecule has 0 aliphatic carbocycles. The van der Waals surface area contributed by atoms with Gasteiger partial charge in [0.15, 0.2) is 5.96 Å². The third kappa shape index (κ3) is 7.78.